The number of nitrogens with one attached hydrogen (secondary N) is 1. The highest BCUT2D eigenvalue weighted by atomic mass is 32.2. The number of carbonyl (C=O) groups excluding carboxylic acids is 2. The van der Waals surface area contributed by atoms with E-state index in [1.54, 1.807) is 5.38 Å². The van der Waals surface area contributed by atoms with Gasteiger partial charge in [-0.25, -0.2) is 18.2 Å². The average molecular weight is 500 g/mol. The third-order valence-electron chi connectivity index (χ3n) is 5.37. The number of aromatic nitrogens is 1. The van der Waals surface area contributed by atoms with Crippen LogP contribution in [0.5, 0.6) is 0 Å². The standard InChI is InChI=1S/C24H25N3O5S2/c1-17-7-9-19(10-8-17)25-22(28)14-23-26-20(16-33-23)15-32-24(29)18-5-4-6-21(13-18)34(30,31)27-11-2-3-12-27/h4-10,13,16H,2-3,11-12,14-15H2,1H3,(H,25,28). The molecule has 0 atom stereocenters. The van der Waals surface area contributed by atoms with Crippen LogP contribution in [0.4, 0.5) is 5.69 Å². The van der Waals surface area contributed by atoms with E-state index < -0.39 is 16.0 Å². The van der Waals surface area contributed by atoms with E-state index in [0.717, 1.165) is 24.1 Å². The summed E-state index contributed by atoms with van der Waals surface area (Å²) in [6, 6.07) is 13.4. The number of nitrogens with zero attached hydrogens (tertiary/aromatic N) is 2. The van der Waals surface area contributed by atoms with Crippen molar-refractivity contribution >= 4 is 38.9 Å². The fourth-order valence-corrected chi connectivity index (χ4v) is 5.90. The second kappa shape index (κ2) is 10.5. The van der Waals surface area contributed by atoms with Gasteiger partial charge in [-0.05, 0) is 50.1 Å². The topological polar surface area (TPSA) is 106 Å². The number of ether oxygens (including phenoxy) is 1. The molecule has 1 aliphatic rings. The highest BCUT2D eigenvalue weighted by Gasteiger charge is 2.27. The van der Waals surface area contributed by atoms with Crippen LogP contribution in [0.3, 0.4) is 0 Å². The van der Waals surface area contributed by atoms with Crippen molar-refractivity contribution in [3.63, 3.8) is 0 Å². The predicted octanol–water partition coefficient (Wildman–Crippen LogP) is 3.77. The minimum absolute atomic E-state index is 0.0714. The molecule has 3 aromatic rings. The minimum atomic E-state index is -3.62. The number of esters is 1. The molecule has 2 aromatic carbocycles. The predicted molar refractivity (Wildman–Crippen MR) is 129 cm³/mol. The van der Waals surface area contributed by atoms with Crippen LogP contribution < -0.4 is 5.32 Å². The fraction of sp³-hybridized carbons (Fsp3) is 0.292. The molecule has 1 fully saturated rings. The van der Waals surface area contributed by atoms with Crippen LogP contribution in [-0.4, -0.2) is 42.7 Å². The lowest BCUT2D eigenvalue weighted by Gasteiger charge is -2.15. The SMILES string of the molecule is Cc1ccc(NC(=O)Cc2nc(COC(=O)c3cccc(S(=O)(=O)N4CCCC4)c3)cs2)cc1. The third kappa shape index (κ3) is 5.88. The summed E-state index contributed by atoms with van der Waals surface area (Å²) < 4.78 is 32.2. The largest absolute Gasteiger partial charge is 0.456 e. The first-order valence-electron chi connectivity index (χ1n) is 10.9. The smallest absolute Gasteiger partial charge is 0.338 e. The Bertz CT molecular complexity index is 1280. The molecular weight excluding hydrogens is 474 g/mol. The van der Waals surface area contributed by atoms with Gasteiger partial charge in [-0.2, -0.15) is 4.31 Å². The maximum Gasteiger partial charge on any atom is 0.338 e. The number of anilines is 1. The van der Waals surface area contributed by atoms with Crippen molar-refractivity contribution in [1.82, 2.24) is 9.29 Å². The van der Waals surface area contributed by atoms with Gasteiger partial charge in [0.05, 0.1) is 22.6 Å². The van der Waals surface area contributed by atoms with Crippen LogP contribution in [0.2, 0.25) is 0 Å². The van der Waals surface area contributed by atoms with Gasteiger partial charge < -0.3 is 10.1 Å². The molecular formula is C24H25N3O5S2. The highest BCUT2D eigenvalue weighted by Crippen LogP contribution is 2.22. The van der Waals surface area contributed by atoms with E-state index >= 15 is 0 Å². The van der Waals surface area contributed by atoms with E-state index in [1.165, 1.54) is 39.9 Å². The molecule has 1 saturated heterocycles. The monoisotopic (exact) mass is 499 g/mol. The quantitative estimate of drug-likeness (QED) is 0.473. The van der Waals surface area contributed by atoms with E-state index in [1.807, 2.05) is 31.2 Å². The molecule has 1 N–H and O–H groups in total. The molecule has 0 saturated carbocycles. The van der Waals surface area contributed by atoms with Gasteiger partial charge in [0, 0.05) is 24.2 Å². The Balaban J connectivity index is 1.32. The zero-order valence-corrected chi connectivity index (χ0v) is 20.3. The number of hydrogen-bond donors (Lipinski definition) is 1. The highest BCUT2D eigenvalue weighted by molar-refractivity contribution is 7.89. The van der Waals surface area contributed by atoms with Crippen LogP contribution in [0.25, 0.3) is 0 Å². The van der Waals surface area contributed by atoms with Crippen molar-refractivity contribution in [2.24, 2.45) is 0 Å². The van der Waals surface area contributed by atoms with Gasteiger partial charge in [0.1, 0.15) is 11.6 Å². The fourth-order valence-electron chi connectivity index (χ4n) is 3.56. The molecule has 0 aliphatic carbocycles. The van der Waals surface area contributed by atoms with Gasteiger partial charge in [-0.15, -0.1) is 11.3 Å². The van der Waals surface area contributed by atoms with Gasteiger partial charge in [0.25, 0.3) is 0 Å². The van der Waals surface area contributed by atoms with Crippen molar-refractivity contribution in [3.8, 4) is 0 Å². The summed E-state index contributed by atoms with van der Waals surface area (Å²) in [5.74, 6) is -0.817. The zero-order valence-electron chi connectivity index (χ0n) is 18.7. The summed E-state index contributed by atoms with van der Waals surface area (Å²) in [6.07, 6.45) is 1.79. The summed E-state index contributed by atoms with van der Waals surface area (Å²) >= 11 is 1.31. The normalized spacial score (nSPS) is 14.1. The molecule has 34 heavy (non-hydrogen) atoms. The lowest BCUT2D eigenvalue weighted by molar-refractivity contribution is -0.115. The van der Waals surface area contributed by atoms with Crippen molar-refractivity contribution in [1.29, 1.82) is 0 Å². The van der Waals surface area contributed by atoms with Gasteiger partial charge in [-0.1, -0.05) is 23.8 Å². The number of carbonyl (C=O) groups is 2. The molecule has 1 aromatic heterocycles. The van der Waals surface area contributed by atoms with Gasteiger partial charge in [-0.3, -0.25) is 4.79 Å². The number of sulfonamides is 1. The van der Waals surface area contributed by atoms with Crippen molar-refractivity contribution in [3.05, 3.63) is 75.7 Å². The van der Waals surface area contributed by atoms with E-state index in [-0.39, 0.29) is 29.4 Å². The molecule has 10 heteroatoms. The van der Waals surface area contributed by atoms with Gasteiger partial charge in [0.2, 0.25) is 15.9 Å². The summed E-state index contributed by atoms with van der Waals surface area (Å²) in [6.45, 7) is 2.89. The molecule has 1 amide bonds. The summed E-state index contributed by atoms with van der Waals surface area (Å²) in [5, 5.41) is 5.16. The molecule has 0 bridgehead atoms. The lowest BCUT2D eigenvalue weighted by atomic mass is 10.2. The van der Waals surface area contributed by atoms with Crippen molar-refractivity contribution < 1.29 is 22.7 Å². The number of benzene rings is 2. The Morgan fingerprint density at radius 2 is 1.85 bits per heavy atom. The van der Waals surface area contributed by atoms with E-state index in [2.05, 4.69) is 10.3 Å². The first-order chi connectivity index (χ1) is 16.3. The van der Waals surface area contributed by atoms with Gasteiger partial charge >= 0.3 is 5.97 Å². The molecule has 8 nitrogen and oxygen atoms in total. The molecule has 0 spiro atoms. The Kier molecular flexibility index (Phi) is 7.40. The van der Waals surface area contributed by atoms with E-state index in [4.69, 9.17) is 4.74 Å². The van der Waals surface area contributed by atoms with Crippen LogP contribution in [-0.2, 0) is 32.6 Å². The lowest BCUT2D eigenvalue weighted by Crippen LogP contribution is -2.28. The molecule has 0 radical (unpaired) electrons. The van der Waals surface area contributed by atoms with E-state index in [0.29, 0.717) is 23.8 Å². The molecule has 2 heterocycles. The number of rotatable bonds is 8. The molecule has 178 valence electrons. The number of aryl methyl sites for hydroxylation is 1. The molecule has 4 rings (SSSR count). The molecule has 0 unspecified atom stereocenters. The second-order valence-electron chi connectivity index (χ2n) is 8.04. The maximum absolute atomic E-state index is 12.7. The summed E-state index contributed by atoms with van der Waals surface area (Å²) in [7, 11) is -3.62. The van der Waals surface area contributed by atoms with Crippen molar-refractivity contribution in [2.75, 3.05) is 18.4 Å². The zero-order chi connectivity index (χ0) is 24.1. The van der Waals surface area contributed by atoms with Crippen molar-refractivity contribution in [2.45, 2.75) is 37.7 Å². The third-order valence-corrected chi connectivity index (χ3v) is 8.16. The minimum Gasteiger partial charge on any atom is -0.456 e. The Hall–Kier alpha value is -3.08. The van der Waals surface area contributed by atoms with E-state index in [9.17, 15) is 18.0 Å². The summed E-state index contributed by atoms with van der Waals surface area (Å²) in [5.41, 5.74) is 2.51. The first kappa shape index (κ1) is 24.1. The maximum atomic E-state index is 12.7. The van der Waals surface area contributed by atoms with Gasteiger partial charge in [0.15, 0.2) is 0 Å². The number of thiazole rings is 1. The van der Waals surface area contributed by atoms with Crippen LogP contribution >= 0.6 is 11.3 Å². The number of amides is 1. The average Bonchev–Trinajstić information content (AvgIpc) is 3.52. The molecule has 1 aliphatic heterocycles. The Labute approximate surface area is 202 Å². The second-order valence-corrected chi connectivity index (χ2v) is 10.9. The Morgan fingerprint density at radius 3 is 2.59 bits per heavy atom. The summed E-state index contributed by atoms with van der Waals surface area (Å²) in [4.78, 5) is 29.2. The van der Waals surface area contributed by atoms with Crippen LogP contribution in [0.1, 0.15) is 39.5 Å². The van der Waals surface area contributed by atoms with Crippen LogP contribution in [0.15, 0.2) is 58.8 Å². The Morgan fingerprint density at radius 1 is 1.12 bits per heavy atom. The first-order valence-corrected chi connectivity index (χ1v) is 13.2. The van der Waals surface area contributed by atoms with Crippen LogP contribution in [0, 0.1) is 6.92 Å². The number of hydrogen-bond acceptors (Lipinski definition) is 7.